The molecular formula is C16H27ClN2O3S. The Morgan fingerprint density at radius 1 is 1.22 bits per heavy atom. The number of rotatable bonds is 4. The number of hydrogen-bond donors (Lipinski definition) is 1. The lowest BCUT2D eigenvalue weighted by molar-refractivity contribution is 0.406. The standard InChI is InChI=1S/C16H26N2O3S.ClH/c1-12(2)14-11-16(13(3)10-15(14)21-4)22(19,20)18-8-5-6-17-7-9-18;/h10-12,17H,5-9H2,1-4H3;1H. The number of aryl methyl sites for hydroxylation is 1. The van der Waals surface area contributed by atoms with Gasteiger partial charge >= 0.3 is 0 Å². The molecule has 7 heteroatoms. The Morgan fingerprint density at radius 2 is 1.91 bits per heavy atom. The first-order valence-corrected chi connectivity index (χ1v) is 9.21. The van der Waals surface area contributed by atoms with Crippen molar-refractivity contribution in [2.24, 2.45) is 0 Å². The quantitative estimate of drug-likeness (QED) is 0.894. The maximum Gasteiger partial charge on any atom is 0.243 e. The zero-order valence-corrected chi connectivity index (χ0v) is 15.9. The van der Waals surface area contributed by atoms with E-state index in [1.165, 1.54) is 0 Å². The van der Waals surface area contributed by atoms with Gasteiger partial charge in [0.25, 0.3) is 0 Å². The van der Waals surface area contributed by atoms with Crippen molar-refractivity contribution in [1.29, 1.82) is 0 Å². The van der Waals surface area contributed by atoms with Gasteiger partial charge in [-0.2, -0.15) is 4.31 Å². The van der Waals surface area contributed by atoms with E-state index in [2.05, 4.69) is 5.32 Å². The third-order valence-electron chi connectivity index (χ3n) is 4.07. The van der Waals surface area contributed by atoms with Crippen molar-refractivity contribution in [2.45, 2.75) is 38.0 Å². The molecule has 1 aromatic carbocycles. The molecule has 1 aliphatic heterocycles. The van der Waals surface area contributed by atoms with E-state index in [-0.39, 0.29) is 18.3 Å². The van der Waals surface area contributed by atoms with E-state index in [1.807, 2.05) is 26.8 Å². The molecule has 0 unspecified atom stereocenters. The topological polar surface area (TPSA) is 58.6 Å². The summed E-state index contributed by atoms with van der Waals surface area (Å²) in [5, 5.41) is 3.24. The number of halogens is 1. The molecule has 0 aliphatic carbocycles. The summed E-state index contributed by atoms with van der Waals surface area (Å²) in [6, 6.07) is 3.62. The van der Waals surface area contributed by atoms with Gasteiger partial charge in [0.1, 0.15) is 5.75 Å². The van der Waals surface area contributed by atoms with Crippen LogP contribution in [-0.4, -0.2) is 46.0 Å². The molecule has 0 bridgehead atoms. The molecule has 5 nitrogen and oxygen atoms in total. The lowest BCUT2D eigenvalue weighted by Gasteiger charge is -2.22. The maximum atomic E-state index is 13.0. The van der Waals surface area contributed by atoms with Crippen LogP contribution in [0.15, 0.2) is 17.0 Å². The number of ether oxygens (including phenoxy) is 1. The second kappa shape index (κ2) is 8.33. The van der Waals surface area contributed by atoms with Crippen molar-refractivity contribution in [3.05, 3.63) is 23.3 Å². The minimum atomic E-state index is -3.46. The summed E-state index contributed by atoms with van der Waals surface area (Å²) >= 11 is 0. The first kappa shape index (κ1) is 20.2. The van der Waals surface area contributed by atoms with Crippen molar-refractivity contribution >= 4 is 22.4 Å². The highest BCUT2D eigenvalue weighted by Gasteiger charge is 2.28. The summed E-state index contributed by atoms with van der Waals surface area (Å²) in [7, 11) is -1.84. The van der Waals surface area contributed by atoms with Gasteiger partial charge in [-0.05, 0) is 49.1 Å². The Balaban J connectivity index is 0.00000264. The molecular weight excluding hydrogens is 336 g/mol. The fraction of sp³-hybridized carbons (Fsp3) is 0.625. The molecule has 0 amide bonds. The fourth-order valence-electron chi connectivity index (χ4n) is 2.78. The lowest BCUT2D eigenvalue weighted by atomic mass is 10.0. The molecule has 2 rings (SSSR count). The highest BCUT2D eigenvalue weighted by Crippen LogP contribution is 2.32. The minimum absolute atomic E-state index is 0. The molecule has 0 aromatic heterocycles. The van der Waals surface area contributed by atoms with E-state index in [0.29, 0.717) is 24.5 Å². The highest BCUT2D eigenvalue weighted by molar-refractivity contribution is 7.89. The second-order valence-electron chi connectivity index (χ2n) is 6.02. The normalized spacial score (nSPS) is 16.7. The van der Waals surface area contributed by atoms with Gasteiger partial charge in [0.15, 0.2) is 0 Å². The van der Waals surface area contributed by atoms with Gasteiger partial charge in [-0.25, -0.2) is 8.42 Å². The molecule has 132 valence electrons. The monoisotopic (exact) mass is 362 g/mol. The van der Waals surface area contributed by atoms with Crippen molar-refractivity contribution < 1.29 is 13.2 Å². The highest BCUT2D eigenvalue weighted by atomic mass is 35.5. The molecule has 0 atom stereocenters. The summed E-state index contributed by atoms with van der Waals surface area (Å²) < 4.78 is 33.0. The minimum Gasteiger partial charge on any atom is -0.496 e. The zero-order valence-electron chi connectivity index (χ0n) is 14.3. The number of hydrogen-bond acceptors (Lipinski definition) is 4. The molecule has 23 heavy (non-hydrogen) atoms. The predicted octanol–water partition coefficient (Wildman–Crippen LogP) is 2.53. The number of sulfonamides is 1. The van der Waals surface area contributed by atoms with Gasteiger partial charge < -0.3 is 10.1 Å². The predicted molar refractivity (Wildman–Crippen MR) is 95.3 cm³/mol. The lowest BCUT2D eigenvalue weighted by Crippen LogP contribution is -2.34. The van der Waals surface area contributed by atoms with Crippen LogP contribution in [0.4, 0.5) is 0 Å². The van der Waals surface area contributed by atoms with Crippen molar-refractivity contribution in [1.82, 2.24) is 9.62 Å². The van der Waals surface area contributed by atoms with Gasteiger partial charge in [0.05, 0.1) is 12.0 Å². The Kier molecular flexibility index (Phi) is 7.32. The number of benzene rings is 1. The van der Waals surface area contributed by atoms with Gasteiger partial charge in [-0.3, -0.25) is 0 Å². The summed E-state index contributed by atoms with van der Waals surface area (Å²) in [5.41, 5.74) is 1.66. The van der Waals surface area contributed by atoms with Crippen LogP contribution in [0.3, 0.4) is 0 Å². The first-order valence-electron chi connectivity index (χ1n) is 7.77. The van der Waals surface area contributed by atoms with Crippen LogP contribution >= 0.6 is 12.4 Å². The largest absolute Gasteiger partial charge is 0.496 e. The van der Waals surface area contributed by atoms with Crippen LogP contribution in [0.5, 0.6) is 5.75 Å². The van der Waals surface area contributed by atoms with E-state index in [1.54, 1.807) is 17.5 Å². The SMILES string of the molecule is COc1cc(C)c(S(=O)(=O)N2CCCNCC2)cc1C(C)C.Cl. The van der Waals surface area contributed by atoms with Gasteiger partial charge in [-0.15, -0.1) is 12.4 Å². The van der Waals surface area contributed by atoms with Crippen LogP contribution in [0, 0.1) is 6.92 Å². The summed E-state index contributed by atoms with van der Waals surface area (Å²) in [6.07, 6.45) is 0.839. The Hall–Kier alpha value is -0.820. The first-order chi connectivity index (χ1) is 10.4. The summed E-state index contributed by atoms with van der Waals surface area (Å²) in [5.74, 6) is 0.958. The fourth-order valence-corrected chi connectivity index (χ4v) is 4.50. The van der Waals surface area contributed by atoms with Crippen LogP contribution in [0.1, 0.15) is 37.3 Å². The number of nitrogens with one attached hydrogen (secondary N) is 1. The van der Waals surface area contributed by atoms with E-state index in [9.17, 15) is 8.42 Å². The molecule has 0 saturated carbocycles. The Bertz CT molecular complexity index is 624. The molecule has 0 radical (unpaired) electrons. The summed E-state index contributed by atoms with van der Waals surface area (Å²) in [4.78, 5) is 0.402. The van der Waals surface area contributed by atoms with Crippen LogP contribution < -0.4 is 10.1 Å². The molecule has 1 heterocycles. The van der Waals surface area contributed by atoms with Crippen LogP contribution in [-0.2, 0) is 10.0 Å². The van der Waals surface area contributed by atoms with E-state index in [0.717, 1.165) is 29.8 Å². The van der Waals surface area contributed by atoms with Gasteiger partial charge in [0, 0.05) is 19.6 Å². The maximum absolute atomic E-state index is 13.0. The molecule has 1 aliphatic rings. The Morgan fingerprint density at radius 3 is 2.52 bits per heavy atom. The zero-order chi connectivity index (χ0) is 16.3. The van der Waals surface area contributed by atoms with E-state index >= 15 is 0 Å². The summed E-state index contributed by atoms with van der Waals surface area (Å²) in [6.45, 7) is 8.56. The smallest absolute Gasteiger partial charge is 0.243 e. The molecule has 1 saturated heterocycles. The van der Waals surface area contributed by atoms with Crippen molar-refractivity contribution in [3.8, 4) is 5.75 Å². The molecule has 1 aromatic rings. The third-order valence-corrected chi connectivity index (χ3v) is 6.11. The Labute approximate surface area is 145 Å². The molecule has 1 fully saturated rings. The van der Waals surface area contributed by atoms with Crippen molar-refractivity contribution in [3.63, 3.8) is 0 Å². The van der Waals surface area contributed by atoms with Crippen LogP contribution in [0.25, 0.3) is 0 Å². The van der Waals surface area contributed by atoms with Crippen molar-refractivity contribution in [2.75, 3.05) is 33.3 Å². The van der Waals surface area contributed by atoms with Crippen LogP contribution in [0.2, 0.25) is 0 Å². The van der Waals surface area contributed by atoms with E-state index < -0.39 is 10.0 Å². The molecule has 1 N–H and O–H groups in total. The van der Waals surface area contributed by atoms with E-state index in [4.69, 9.17) is 4.74 Å². The average molecular weight is 363 g/mol. The number of nitrogens with zero attached hydrogens (tertiary/aromatic N) is 1. The van der Waals surface area contributed by atoms with Gasteiger partial charge in [-0.1, -0.05) is 13.8 Å². The van der Waals surface area contributed by atoms with Gasteiger partial charge in [0.2, 0.25) is 10.0 Å². The molecule has 0 spiro atoms. The second-order valence-corrected chi connectivity index (χ2v) is 7.93. The number of methoxy groups -OCH3 is 1. The average Bonchev–Trinajstić information content (AvgIpc) is 2.75. The third kappa shape index (κ3) is 4.38.